The van der Waals surface area contributed by atoms with E-state index < -0.39 is 174 Å². The summed E-state index contributed by atoms with van der Waals surface area (Å²) in [5, 5.41) is 165. The van der Waals surface area contributed by atoms with Crippen LogP contribution in [0.3, 0.4) is 0 Å². The lowest BCUT2D eigenvalue weighted by Gasteiger charge is -2.48. The molecular weight excluding hydrogens is 744 g/mol. The van der Waals surface area contributed by atoms with Gasteiger partial charge in [0.05, 0.1) is 38.6 Å². The van der Waals surface area contributed by atoms with E-state index in [1.165, 1.54) is 13.8 Å². The molecule has 0 spiro atoms. The van der Waals surface area contributed by atoms with Crippen LogP contribution in [0.2, 0.25) is 0 Å². The van der Waals surface area contributed by atoms with E-state index in [2.05, 4.69) is 0 Å². The lowest BCUT2D eigenvalue weighted by molar-refractivity contribution is -0.380. The quantitative estimate of drug-likeness (QED) is 0.0731. The van der Waals surface area contributed by atoms with E-state index in [9.17, 15) is 81.7 Å². The molecule has 24 atom stereocenters. The molecule has 4 fully saturated rings. The minimum Gasteiger partial charge on any atom is -0.394 e. The van der Waals surface area contributed by atoms with E-state index in [1.807, 2.05) is 0 Å². The third-order valence-corrected chi connectivity index (χ3v) is 9.89. The Kier molecular flexibility index (Phi) is 16.7. The van der Waals surface area contributed by atoms with Gasteiger partial charge in [0.1, 0.15) is 110 Å². The fourth-order valence-corrected chi connectivity index (χ4v) is 6.38. The molecule has 0 aromatic heterocycles. The summed E-state index contributed by atoms with van der Waals surface area (Å²) in [7, 11) is 0. The second-order valence-electron chi connectivity index (χ2n) is 13.7. The van der Waals surface area contributed by atoms with Crippen molar-refractivity contribution in [2.75, 3.05) is 26.4 Å². The maximum atomic E-state index is 11.2. The van der Waals surface area contributed by atoms with Crippen LogP contribution in [-0.2, 0) is 37.9 Å². The Labute approximate surface area is 307 Å². The molecule has 54 heavy (non-hydrogen) atoms. The zero-order chi connectivity index (χ0) is 40.3. The Morgan fingerprint density at radius 3 is 1.52 bits per heavy atom. The summed E-state index contributed by atoms with van der Waals surface area (Å²) < 4.78 is 43.4. The normalized spacial score (nSPS) is 48.6. The van der Waals surface area contributed by atoms with Crippen molar-refractivity contribution in [2.45, 2.75) is 161 Å². The number of aliphatic hydroxyl groups excluding tert-OH is 16. The summed E-state index contributed by atoms with van der Waals surface area (Å²) in [6.45, 7) is -0.967. The highest BCUT2D eigenvalue weighted by atomic mass is 16.8. The van der Waals surface area contributed by atoms with Gasteiger partial charge in [0, 0.05) is 0 Å². The van der Waals surface area contributed by atoms with E-state index in [0.29, 0.717) is 0 Å². The molecule has 16 N–H and O–H groups in total. The van der Waals surface area contributed by atoms with Crippen LogP contribution in [-0.4, -0.2) is 255 Å². The largest absolute Gasteiger partial charge is 0.394 e. The first-order valence-electron chi connectivity index (χ1n) is 17.3. The van der Waals surface area contributed by atoms with Crippen LogP contribution in [0.15, 0.2) is 0 Å². The predicted octanol–water partition coefficient (Wildman–Crippen LogP) is -10.2. The van der Waals surface area contributed by atoms with Crippen molar-refractivity contribution in [3.05, 3.63) is 0 Å². The van der Waals surface area contributed by atoms with Gasteiger partial charge in [-0.05, 0) is 13.8 Å². The van der Waals surface area contributed by atoms with Gasteiger partial charge in [0.15, 0.2) is 25.2 Å². The molecular formula is C30H54O24. The highest BCUT2D eigenvalue weighted by Crippen LogP contribution is 2.33. The maximum absolute atomic E-state index is 11.2. The first-order valence-corrected chi connectivity index (χ1v) is 17.3. The Morgan fingerprint density at radius 1 is 0.481 bits per heavy atom. The van der Waals surface area contributed by atoms with E-state index in [1.54, 1.807) is 0 Å². The van der Waals surface area contributed by atoms with Crippen LogP contribution in [0.5, 0.6) is 0 Å². The molecule has 318 valence electrons. The van der Waals surface area contributed by atoms with Crippen LogP contribution < -0.4 is 0 Å². The molecule has 0 aromatic carbocycles. The first kappa shape index (κ1) is 45.7. The maximum Gasteiger partial charge on any atom is 0.187 e. The molecule has 0 saturated carbocycles. The Morgan fingerprint density at radius 2 is 0.944 bits per heavy atom. The minimum absolute atomic E-state index is 0.775. The van der Waals surface area contributed by atoms with Crippen molar-refractivity contribution >= 4 is 0 Å². The smallest absolute Gasteiger partial charge is 0.187 e. The summed E-state index contributed by atoms with van der Waals surface area (Å²) >= 11 is 0. The summed E-state index contributed by atoms with van der Waals surface area (Å²) in [4.78, 5) is 0. The Bertz CT molecular complexity index is 1130. The second kappa shape index (κ2) is 19.7. The van der Waals surface area contributed by atoms with Gasteiger partial charge in [-0.2, -0.15) is 0 Å². The number of hydrogen-bond donors (Lipinski definition) is 16. The molecule has 24 nitrogen and oxygen atoms in total. The summed E-state index contributed by atoms with van der Waals surface area (Å²) in [6.07, 6.45) is -41.9. The van der Waals surface area contributed by atoms with E-state index in [-0.39, 0.29) is 0 Å². The van der Waals surface area contributed by atoms with Crippen LogP contribution in [0, 0.1) is 0 Å². The lowest BCUT2D eigenvalue weighted by Crippen LogP contribution is -2.66. The summed E-state index contributed by atoms with van der Waals surface area (Å²) in [5.41, 5.74) is 0. The third kappa shape index (κ3) is 9.83. The molecule has 0 aliphatic carbocycles. The van der Waals surface area contributed by atoms with Crippen molar-refractivity contribution in [2.24, 2.45) is 0 Å². The molecule has 4 saturated heterocycles. The predicted molar refractivity (Wildman–Crippen MR) is 166 cm³/mol. The Balaban J connectivity index is 1.41. The lowest BCUT2D eigenvalue weighted by atomic mass is 9.96. The van der Waals surface area contributed by atoms with Crippen LogP contribution in [0.1, 0.15) is 13.8 Å². The van der Waals surface area contributed by atoms with Gasteiger partial charge in [-0.15, -0.1) is 0 Å². The molecule has 4 heterocycles. The number of aliphatic hydroxyl groups is 16. The van der Waals surface area contributed by atoms with Crippen molar-refractivity contribution in [3.8, 4) is 0 Å². The van der Waals surface area contributed by atoms with Gasteiger partial charge in [-0.1, -0.05) is 0 Å². The van der Waals surface area contributed by atoms with Gasteiger partial charge in [0.2, 0.25) is 0 Å². The van der Waals surface area contributed by atoms with Crippen LogP contribution in [0.25, 0.3) is 0 Å². The number of rotatable bonds is 15. The van der Waals surface area contributed by atoms with E-state index >= 15 is 0 Å². The molecule has 0 bridgehead atoms. The SMILES string of the molecule is C[C@@H]1O[C@@H](O[C@@H]2[C@@H](O)[C@H](C)O[C@@H](O[C@@H]3[C@H](O)[C@@H](O[C@H](CO)[C@@H](O)[C@H](O)[C@H](O)CO[C@@H]4O[C@H](CO)[C@H](O)[C@H](O)[C@H]4O)O[C@H](CO)[C@H]3O)[C@@H]2O)[C@H](O)[C@H](O)[C@H]1O. The van der Waals surface area contributed by atoms with Crippen molar-refractivity contribution in [3.63, 3.8) is 0 Å². The van der Waals surface area contributed by atoms with Crippen molar-refractivity contribution in [1.82, 2.24) is 0 Å². The molecule has 0 amide bonds. The zero-order valence-corrected chi connectivity index (χ0v) is 29.1. The van der Waals surface area contributed by atoms with Gasteiger partial charge < -0.3 is 120 Å². The van der Waals surface area contributed by atoms with Gasteiger partial charge >= 0.3 is 0 Å². The van der Waals surface area contributed by atoms with Crippen molar-refractivity contribution in [1.29, 1.82) is 0 Å². The molecule has 0 unspecified atom stereocenters. The minimum atomic E-state index is -2.19. The molecule has 4 aliphatic rings. The summed E-state index contributed by atoms with van der Waals surface area (Å²) in [6, 6.07) is 0. The standard InChI is InChI=1S/C30H54O24/c1-7-13(35)19(41)22(44)28(48-7)53-25-14(36)8(2)49-29(23(25)45)54-26-18(40)12(5-33)52-30(24(26)46)51-10(3-31)16(38)15(37)9(34)6-47-27-21(43)20(42)17(39)11(4-32)50-27/h7-46H,3-6H2,1-2H3/t7-,8-,9+,10+,11+,12+,13-,14-,15+,16+,17-,18+,19+,20-,21+,22+,23+,24-,25+,26-,27+,28-,29-,30-/m0/s1. The van der Waals surface area contributed by atoms with Crippen LogP contribution >= 0.6 is 0 Å². The number of hydrogen-bond acceptors (Lipinski definition) is 24. The number of ether oxygens (including phenoxy) is 8. The van der Waals surface area contributed by atoms with Gasteiger partial charge in [-0.3, -0.25) is 0 Å². The Hall–Kier alpha value is -0.960. The van der Waals surface area contributed by atoms with Gasteiger partial charge in [-0.25, -0.2) is 0 Å². The van der Waals surface area contributed by atoms with Gasteiger partial charge in [0.25, 0.3) is 0 Å². The topological polar surface area (TPSA) is 398 Å². The van der Waals surface area contributed by atoms with Crippen molar-refractivity contribution < 1.29 is 120 Å². The fraction of sp³-hybridized carbons (Fsp3) is 1.00. The monoisotopic (exact) mass is 798 g/mol. The molecule has 0 aromatic rings. The molecule has 4 rings (SSSR count). The second-order valence-corrected chi connectivity index (χ2v) is 13.7. The molecule has 0 radical (unpaired) electrons. The molecule has 24 heteroatoms. The fourth-order valence-electron chi connectivity index (χ4n) is 6.38. The first-order chi connectivity index (χ1) is 25.4. The summed E-state index contributed by atoms with van der Waals surface area (Å²) in [5.74, 6) is 0. The van der Waals surface area contributed by atoms with E-state index in [4.69, 9.17) is 37.9 Å². The average Bonchev–Trinajstić information content (AvgIpc) is 3.15. The van der Waals surface area contributed by atoms with Crippen LogP contribution in [0.4, 0.5) is 0 Å². The molecule has 4 aliphatic heterocycles. The highest BCUT2D eigenvalue weighted by Gasteiger charge is 2.54. The highest BCUT2D eigenvalue weighted by molar-refractivity contribution is 4.96. The third-order valence-electron chi connectivity index (χ3n) is 9.89. The zero-order valence-electron chi connectivity index (χ0n) is 29.1. The van der Waals surface area contributed by atoms with E-state index in [0.717, 1.165) is 0 Å². The average molecular weight is 799 g/mol.